The lowest BCUT2D eigenvalue weighted by Crippen LogP contribution is -2.14. The van der Waals surface area contributed by atoms with Crippen LogP contribution in [0.2, 0.25) is 0 Å². The third kappa shape index (κ3) is 4.28. The fourth-order valence-electron chi connectivity index (χ4n) is 3.17. The largest absolute Gasteiger partial charge is 0.410 e. The quantitative estimate of drug-likeness (QED) is 0.585. The second-order valence-corrected chi connectivity index (χ2v) is 9.14. The van der Waals surface area contributed by atoms with E-state index < -0.39 is 0 Å². The molecule has 1 aromatic carbocycles. The monoisotopic (exact) mass is 417 g/mol. The van der Waals surface area contributed by atoms with Gasteiger partial charge >= 0.3 is 0 Å². The summed E-state index contributed by atoms with van der Waals surface area (Å²) in [4.78, 5) is 14.5. The molecule has 0 unspecified atom stereocenters. The number of hydrogen-bond acceptors (Lipinski definition) is 6. The summed E-state index contributed by atoms with van der Waals surface area (Å²) in [7, 11) is 0. The second kappa shape index (κ2) is 8.05. The zero-order chi connectivity index (χ0) is 19.7. The van der Waals surface area contributed by atoms with Gasteiger partial charge in [-0.05, 0) is 61.4 Å². The summed E-state index contributed by atoms with van der Waals surface area (Å²) < 4.78 is 19.3. The Balaban J connectivity index is 1.36. The SMILES string of the molecule is Cc1ccc(NC(=O)CSc2nnc(-c3cc4c(s3)CC[C@H](C)C4)o2)cc1F. The number of amides is 1. The molecule has 0 bridgehead atoms. The van der Waals surface area contributed by atoms with Gasteiger partial charge in [-0.15, -0.1) is 21.5 Å². The number of aromatic nitrogens is 2. The van der Waals surface area contributed by atoms with Gasteiger partial charge in [-0.1, -0.05) is 24.8 Å². The Kier molecular flexibility index (Phi) is 5.50. The van der Waals surface area contributed by atoms with Crippen molar-refractivity contribution in [3.05, 3.63) is 46.1 Å². The van der Waals surface area contributed by atoms with Gasteiger partial charge in [0.2, 0.25) is 5.91 Å². The van der Waals surface area contributed by atoms with Gasteiger partial charge in [-0.3, -0.25) is 4.79 Å². The highest BCUT2D eigenvalue weighted by Gasteiger charge is 2.21. The Morgan fingerprint density at radius 1 is 1.39 bits per heavy atom. The Morgan fingerprint density at radius 3 is 3.07 bits per heavy atom. The van der Waals surface area contributed by atoms with Gasteiger partial charge in [0.15, 0.2) is 0 Å². The van der Waals surface area contributed by atoms with Crippen LogP contribution in [-0.2, 0) is 17.6 Å². The number of hydrogen-bond donors (Lipinski definition) is 1. The van der Waals surface area contributed by atoms with Crippen LogP contribution in [0.25, 0.3) is 10.8 Å². The molecule has 146 valence electrons. The third-order valence-electron chi connectivity index (χ3n) is 4.73. The highest BCUT2D eigenvalue weighted by Crippen LogP contribution is 2.37. The number of carbonyl (C=O) groups is 1. The molecule has 28 heavy (non-hydrogen) atoms. The van der Waals surface area contributed by atoms with E-state index in [1.165, 1.54) is 22.9 Å². The van der Waals surface area contributed by atoms with Gasteiger partial charge in [0.1, 0.15) is 5.82 Å². The van der Waals surface area contributed by atoms with Crippen LogP contribution in [0.15, 0.2) is 33.9 Å². The number of benzene rings is 1. The number of aryl methyl sites for hydroxylation is 2. The topological polar surface area (TPSA) is 68.0 Å². The van der Waals surface area contributed by atoms with Crippen LogP contribution in [0.1, 0.15) is 29.3 Å². The van der Waals surface area contributed by atoms with Crippen molar-refractivity contribution < 1.29 is 13.6 Å². The molecule has 2 heterocycles. The number of nitrogens with zero attached hydrogens (tertiary/aromatic N) is 2. The predicted molar refractivity (Wildman–Crippen MR) is 109 cm³/mol. The van der Waals surface area contributed by atoms with E-state index in [1.54, 1.807) is 30.4 Å². The minimum Gasteiger partial charge on any atom is -0.410 e. The first-order chi connectivity index (χ1) is 13.5. The van der Waals surface area contributed by atoms with Crippen LogP contribution in [0.3, 0.4) is 0 Å². The summed E-state index contributed by atoms with van der Waals surface area (Å²) >= 11 is 2.88. The lowest BCUT2D eigenvalue weighted by molar-refractivity contribution is -0.113. The van der Waals surface area contributed by atoms with Crippen molar-refractivity contribution in [2.75, 3.05) is 11.1 Å². The van der Waals surface area contributed by atoms with Gasteiger partial charge in [0.25, 0.3) is 11.1 Å². The molecule has 2 aromatic heterocycles. The van der Waals surface area contributed by atoms with Crippen molar-refractivity contribution in [2.24, 2.45) is 5.92 Å². The van der Waals surface area contributed by atoms with E-state index >= 15 is 0 Å². The molecule has 4 rings (SSSR count). The second-order valence-electron chi connectivity index (χ2n) is 7.08. The van der Waals surface area contributed by atoms with Crippen LogP contribution in [-0.4, -0.2) is 21.9 Å². The van der Waals surface area contributed by atoms with Crippen LogP contribution in [0.5, 0.6) is 0 Å². The van der Waals surface area contributed by atoms with Crippen LogP contribution >= 0.6 is 23.1 Å². The summed E-state index contributed by atoms with van der Waals surface area (Å²) in [5, 5.41) is 11.2. The first kappa shape index (κ1) is 19.1. The first-order valence-electron chi connectivity index (χ1n) is 9.12. The molecule has 1 atom stereocenters. The summed E-state index contributed by atoms with van der Waals surface area (Å²) in [6.45, 7) is 3.95. The van der Waals surface area contributed by atoms with Crippen molar-refractivity contribution in [1.29, 1.82) is 0 Å². The van der Waals surface area contributed by atoms with E-state index in [-0.39, 0.29) is 17.5 Å². The van der Waals surface area contributed by atoms with Crippen molar-refractivity contribution >= 4 is 34.7 Å². The summed E-state index contributed by atoms with van der Waals surface area (Å²) in [6.07, 6.45) is 3.43. The first-order valence-corrected chi connectivity index (χ1v) is 10.9. The normalized spacial score (nSPS) is 16.0. The Bertz CT molecular complexity index is 1010. The number of carbonyl (C=O) groups excluding carboxylic acids is 1. The van der Waals surface area contributed by atoms with Crippen LogP contribution in [0.4, 0.5) is 10.1 Å². The fourth-order valence-corrected chi connectivity index (χ4v) is 4.87. The molecule has 0 saturated carbocycles. The van der Waals surface area contributed by atoms with Gasteiger partial charge in [-0.25, -0.2) is 4.39 Å². The molecule has 0 fully saturated rings. The maximum Gasteiger partial charge on any atom is 0.277 e. The number of nitrogens with one attached hydrogen (secondary N) is 1. The molecule has 1 aliphatic rings. The number of thioether (sulfide) groups is 1. The molecule has 0 saturated heterocycles. The number of rotatable bonds is 5. The van der Waals surface area contributed by atoms with Gasteiger partial charge in [-0.2, -0.15) is 0 Å². The summed E-state index contributed by atoms with van der Waals surface area (Å²) in [5.41, 5.74) is 2.35. The highest BCUT2D eigenvalue weighted by atomic mass is 32.2. The smallest absolute Gasteiger partial charge is 0.277 e. The van der Waals surface area contributed by atoms with E-state index in [0.29, 0.717) is 28.3 Å². The molecule has 1 N–H and O–H groups in total. The number of halogens is 1. The van der Waals surface area contributed by atoms with Crippen molar-refractivity contribution in [3.63, 3.8) is 0 Å². The van der Waals surface area contributed by atoms with E-state index in [1.807, 2.05) is 0 Å². The maximum atomic E-state index is 13.6. The van der Waals surface area contributed by atoms with Crippen molar-refractivity contribution in [2.45, 2.75) is 38.3 Å². The molecule has 3 aromatic rings. The molecule has 8 heteroatoms. The van der Waals surface area contributed by atoms with Crippen molar-refractivity contribution in [1.82, 2.24) is 10.2 Å². The molecule has 0 aliphatic heterocycles. The Labute approximate surface area is 170 Å². The van der Waals surface area contributed by atoms with E-state index in [4.69, 9.17) is 4.42 Å². The molecular formula is C20H20FN3O2S2. The van der Waals surface area contributed by atoms with E-state index in [9.17, 15) is 9.18 Å². The van der Waals surface area contributed by atoms with Crippen LogP contribution in [0, 0.1) is 18.7 Å². The standard InChI is InChI=1S/C20H20FN3O2S2/c1-11-3-6-16-13(7-11)8-17(28-16)19-23-24-20(26-19)27-10-18(25)22-14-5-4-12(2)15(21)9-14/h4-5,8-9,11H,3,6-7,10H2,1-2H3,(H,22,25)/t11-/m0/s1. The highest BCUT2D eigenvalue weighted by molar-refractivity contribution is 7.99. The predicted octanol–water partition coefficient (Wildman–Crippen LogP) is 5.10. The zero-order valence-electron chi connectivity index (χ0n) is 15.6. The molecule has 1 amide bonds. The average molecular weight is 418 g/mol. The zero-order valence-corrected chi connectivity index (χ0v) is 17.3. The lowest BCUT2D eigenvalue weighted by Gasteiger charge is -2.16. The van der Waals surface area contributed by atoms with E-state index in [0.717, 1.165) is 29.5 Å². The number of thiophene rings is 1. The van der Waals surface area contributed by atoms with E-state index in [2.05, 4.69) is 28.5 Å². The summed E-state index contributed by atoms with van der Waals surface area (Å²) in [6, 6.07) is 6.76. The number of fused-ring (bicyclic) bond motifs is 1. The van der Waals surface area contributed by atoms with Gasteiger partial charge < -0.3 is 9.73 Å². The molecule has 1 aliphatic carbocycles. The Morgan fingerprint density at radius 2 is 2.25 bits per heavy atom. The minimum absolute atomic E-state index is 0.107. The minimum atomic E-state index is -0.347. The third-order valence-corrected chi connectivity index (χ3v) is 6.77. The molecule has 0 radical (unpaired) electrons. The average Bonchev–Trinajstić information content (AvgIpc) is 3.29. The van der Waals surface area contributed by atoms with Gasteiger partial charge in [0.05, 0.1) is 10.6 Å². The summed E-state index contributed by atoms with van der Waals surface area (Å²) in [5.74, 6) is 0.712. The molecule has 0 spiro atoms. The lowest BCUT2D eigenvalue weighted by atomic mass is 9.90. The fraction of sp³-hybridized carbons (Fsp3) is 0.350. The maximum absolute atomic E-state index is 13.6. The Hall–Kier alpha value is -2.19. The molecule has 5 nitrogen and oxygen atoms in total. The van der Waals surface area contributed by atoms with Crippen LogP contribution < -0.4 is 5.32 Å². The number of anilines is 1. The molecular weight excluding hydrogens is 397 g/mol. The van der Waals surface area contributed by atoms with Gasteiger partial charge in [0, 0.05) is 10.6 Å². The van der Waals surface area contributed by atoms with Crippen molar-refractivity contribution in [3.8, 4) is 10.8 Å².